The van der Waals surface area contributed by atoms with Crippen molar-refractivity contribution in [3.05, 3.63) is 0 Å². The number of hydrogen-bond acceptors (Lipinski definition) is 2. The van der Waals surface area contributed by atoms with Gasteiger partial charge in [-0.15, -0.1) is 0 Å². The van der Waals surface area contributed by atoms with Crippen LogP contribution in [0.15, 0.2) is 0 Å². The van der Waals surface area contributed by atoms with E-state index in [4.69, 9.17) is 3.07 Å². The fourth-order valence-electron chi connectivity index (χ4n) is 0.823. The molecule has 0 aromatic rings. The van der Waals surface area contributed by atoms with E-state index in [1.165, 1.54) is 19.3 Å². The van der Waals surface area contributed by atoms with Crippen LogP contribution in [0, 0.1) is 0 Å². The summed E-state index contributed by atoms with van der Waals surface area (Å²) in [6, 6.07) is 0. The Balaban J connectivity index is 3.04. The van der Waals surface area contributed by atoms with Gasteiger partial charge >= 0.3 is 73.3 Å². The Morgan fingerprint density at radius 3 is 2.70 bits per heavy atom. The Labute approximate surface area is 73.5 Å². The fourth-order valence-corrected chi connectivity index (χ4v) is 1.63. The third-order valence-electron chi connectivity index (χ3n) is 1.46. The molecule has 0 spiro atoms. The number of rotatable bonds is 6. The van der Waals surface area contributed by atoms with E-state index in [0.29, 0.717) is 0 Å². The molecule has 2 nitrogen and oxygen atoms in total. The molecule has 0 saturated heterocycles. The van der Waals surface area contributed by atoms with Gasteiger partial charge in [-0.2, -0.15) is 0 Å². The first kappa shape index (κ1) is 10.6. The zero-order valence-corrected chi connectivity index (χ0v) is 9.58. The molecule has 0 fully saturated rings. The monoisotopic (exact) mass is 251 g/mol. The predicted molar refractivity (Wildman–Crippen MR) is 41.1 cm³/mol. The predicted octanol–water partition coefficient (Wildman–Crippen LogP) is 1.94. The van der Waals surface area contributed by atoms with Crippen molar-refractivity contribution < 1.29 is 6.15 Å². The van der Waals surface area contributed by atoms with Gasteiger partial charge in [0, 0.05) is 0 Å². The second-order valence-corrected chi connectivity index (χ2v) is 3.66. The van der Waals surface area contributed by atoms with Crippen LogP contribution in [0.4, 0.5) is 0 Å². The molecule has 59 valence electrons. The van der Waals surface area contributed by atoms with Gasteiger partial charge in [0.2, 0.25) is 0 Å². The summed E-state index contributed by atoms with van der Waals surface area (Å²) in [5, 5.41) is 0. The Bertz CT molecular complexity index is 85.7. The van der Waals surface area contributed by atoms with Gasteiger partial charge in [-0.25, -0.2) is 0 Å². The summed E-state index contributed by atoms with van der Waals surface area (Å²) in [5.41, 5.74) is 0. The molecule has 0 aliphatic carbocycles. The average Bonchev–Trinajstić information content (AvgIpc) is 1.89. The summed E-state index contributed by atoms with van der Waals surface area (Å²) in [6.45, 7) is 4.17. The van der Waals surface area contributed by atoms with Gasteiger partial charge in [-0.1, -0.05) is 0 Å². The topological polar surface area (TPSA) is 26.3 Å². The standard InChI is InChI=1S/C7H15O.O.Sn/c1-3-4-5-6-7(2)8;;/h7H,3-6H2,1-2H3;;/q-1;;+1. The average molecular weight is 250 g/mol. The van der Waals surface area contributed by atoms with Crippen molar-refractivity contribution in [2.45, 2.75) is 45.6 Å². The summed E-state index contributed by atoms with van der Waals surface area (Å²) in [7, 11) is 0. The Hall–Kier alpha value is 0.559. The van der Waals surface area contributed by atoms with Gasteiger partial charge in [0.05, 0.1) is 0 Å². The van der Waals surface area contributed by atoms with Crippen LogP contribution in [0.3, 0.4) is 0 Å². The van der Waals surface area contributed by atoms with Crippen LogP contribution in [0.1, 0.15) is 39.5 Å². The molecule has 0 aliphatic rings. The Morgan fingerprint density at radius 2 is 2.20 bits per heavy atom. The molecular formula is C7H15O2Sn. The van der Waals surface area contributed by atoms with E-state index in [9.17, 15) is 3.08 Å². The summed E-state index contributed by atoms with van der Waals surface area (Å²) in [6.07, 6.45) is 5.01. The fraction of sp³-hybridized carbons (Fsp3) is 1.00. The molecule has 0 bridgehead atoms. The van der Waals surface area contributed by atoms with Crippen molar-refractivity contribution in [3.8, 4) is 0 Å². The first-order valence-corrected chi connectivity index (χ1v) is 6.17. The molecule has 3 heteroatoms. The Kier molecular flexibility index (Phi) is 8.09. The number of hydrogen-bond donors (Lipinski definition) is 0. The third kappa shape index (κ3) is 6.68. The van der Waals surface area contributed by atoms with Crippen molar-refractivity contribution in [2.75, 3.05) is 0 Å². The SMILES string of the molecule is CCCCCC(C)[O][Sn]=[O]. The van der Waals surface area contributed by atoms with Crippen molar-refractivity contribution in [3.63, 3.8) is 0 Å². The van der Waals surface area contributed by atoms with Crippen LogP contribution in [-0.2, 0) is 6.15 Å². The van der Waals surface area contributed by atoms with Crippen molar-refractivity contribution in [1.29, 1.82) is 0 Å². The molecule has 1 atom stereocenters. The van der Waals surface area contributed by atoms with E-state index >= 15 is 0 Å². The van der Waals surface area contributed by atoms with Crippen LogP contribution < -0.4 is 0 Å². The van der Waals surface area contributed by atoms with Gasteiger partial charge in [-0.05, 0) is 0 Å². The molecule has 0 aromatic heterocycles. The van der Waals surface area contributed by atoms with E-state index in [2.05, 4.69) is 6.92 Å². The molecular weight excluding hydrogens is 235 g/mol. The normalized spacial score (nSPS) is 13.0. The van der Waals surface area contributed by atoms with E-state index in [1.54, 1.807) is 0 Å². The third-order valence-corrected chi connectivity index (χ3v) is 2.89. The van der Waals surface area contributed by atoms with Crippen LogP contribution in [0.2, 0.25) is 0 Å². The van der Waals surface area contributed by atoms with Gasteiger partial charge in [-0.3, -0.25) is 0 Å². The maximum atomic E-state index is 10.1. The molecule has 0 amide bonds. The molecule has 1 unspecified atom stereocenters. The van der Waals surface area contributed by atoms with Gasteiger partial charge in [0.15, 0.2) is 0 Å². The van der Waals surface area contributed by atoms with Crippen LogP contribution in [0.5, 0.6) is 0 Å². The molecule has 10 heavy (non-hydrogen) atoms. The van der Waals surface area contributed by atoms with Crippen LogP contribution >= 0.6 is 0 Å². The van der Waals surface area contributed by atoms with E-state index in [-0.39, 0.29) is 6.10 Å². The van der Waals surface area contributed by atoms with Crippen molar-refractivity contribution in [1.82, 2.24) is 0 Å². The summed E-state index contributed by atoms with van der Waals surface area (Å²) < 4.78 is 15.1. The van der Waals surface area contributed by atoms with Crippen molar-refractivity contribution >= 4 is 21.5 Å². The molecule has 1 radical (unpaired) electrons. The zero-order chi connectivity index (χ0) is 7.82. The van der Waals surface area contributed by atoms with Gasteiger partial charge in [0.1, 0.15) is 0 Å². The molecule has 0 aliphatic heterocycles. The molecule has 0 aromatic carbocycles. The maximum absolute atomic E-state index is 10.1. The first-order valence-electron chi connectivity index (χ1n) is 3.84. The molecule has 0 rings (SSSR count). The number of unbranched alkanes of at least 4 members (excludes halogenated alkanes) is 2. The summed E-state index contributed by atoms with van der Waals surface area (Å²) >= 11 is -1.65. The second-order valence-electron chi connectivity index (χ2n) is 2.51. The van der Waals surface area contributed by atoms with E-state index in [0.717, 1.165) is 6.42 Å². The van der Waals surface area contributed by atoms with Crippen molar-refractivity contribution in [2.24, 2.45) is 0 Å². The van der Waals surface area contributed by atoms with E-state index in [1.807, 2.05) is 6.92 Å². The molecule has 0 heterocycles. The zero-order valence-electron chi connectivity index (χ0n) is 6.72. The van der Waals surface area contributed by atoms with Gasteiger partial charge in [0.25, 0.3) is 0 Å². The quantitative estimate of drug-likeness (QED) is 0.531. The Morgan fingerprint density at radius 1 is 1.50 bits per heavy atom. The van der Waals surface area contributed by atoms with Gasteiger partial charge < -0.3 is 0 Å². The minimum atomic E-state index is -1.65. The van der Waals surface area contributed by atoms with Crippen LogP contribution in [0.25, 0.3) is 0 Å². The second kappa shape index (κ2) is 7.66. The van der Waals surface area contributed by atoms with E-state index < -0.39 is 21.5 Å². The minimum absolute atomic E-state index is 0.232. The summed E-state index contributed by atoms with van der Waals surface area (Å²) in [4.78, 5) is 0. The first-order chi connectivity index (χ1) is 4.81. The summed E-state index contributed by atoms with van der Waals surface area (Å²) in [5.74, 6) is 0. The molecule has 0 N–H and O–H groups in total. The molecule has 0 saturated carbocycles. The van der Waals surface area contributed by atoms with Crippen LogP contribution in [-0.4, -0.2) is 27.6 Å².